The zero-order chi connectivity index (χ0) is 20.6. The molecule has 2 amide bonds. The van der Waals surface area contributed by atoms with E-state index in [1.165, 1.54) is 18.0 Å². The SMILES string of the molecule is NC(=O)CCCCCn1c(SCC(=O)Nc2ccon2)nc2ccccc2c1=O. The lowest BCUT2D eigenvalue weighted by Crippen LogP contribution is -2.24. The number of thioether (sulfide) groups is 1. The third-order valence-electron chi connectivity index (χ3n) is 4.17. The summed E-state index contributed by atoms with van der Waals surface area (Å²) in [6, 6.07) is 8.65. The molecule has 0 saturated carbocycles. The van der Waals surface area contributed by atoms with Gasteiger partial charge in [0.2, 0.25) is 11.8 Å². The van der Waals surface area contributed by atoms with Gasteiger partial charge in [0.15, 0.2) is 11.0 Å². The van der Waals surface area contributed by atoms with Crippen LogP contribution in [0.5, 0.6) is 0 Å². The summed E-state index contributed by atoms with van der Waals surface area (Å²) in [4.78, 5) is 40.5. The first-order chi connectivity index (χ1) is 14.0. The van der Waals surface area contributed by atoms with Crippen LogP contribution >= 0.6 is 11.8 Å². The third kappa shape index (κ3) is 5.67. The zero-order valence-electron chi connectivity index (χ0n) is 15.7. The maximum atomic E-state index is 12.9. The number of nitrogens with zero attached hydrogens (tertiary/aromatic N) is 3. The van der Waals surface area contributed by atoms with Gasteiger partial charge in [-0.05, 0) is 25.0 Å². The zero-order valence-corrected chi connectivity index (χ0v) is 16.5. The molecule has 3 rings (SSSR count). The third-order valence-corrected chi connectivity index (χ3v) is 5.15. The summed E-state index contributed by atoms with van der Waals surface area (Å²) in [5.41, 5.74) is 5.59. The number of nitrogens with one attached hydrogen (secondary N) is 1. The van der Waals surface area contributed by atoms with E-state index in [2.05, 4.69) is 20.0 Å². The fourth-order valence-corrected chi connectivity index (χ4v) is 3.61. The Morgan fingerprint density at radius 1 is 1.17 bits per heavy atom. The van der Waals surface area contributed by atoms with Gasteiger partial charge in [0, 0.05) is 19.0 Å². The molecule has 2 heterocycles. The highest BCUT2D eigenvalue weighted by atomic mass is 32.2. The van der Waals surface area contributed by atoms with Crippen LogP contribution in [-0.2, 0) is 16.1 Å². The number of amides is 2. The number of benzene rings is 1. The standard InChI is InChI=1S/C19H21N5O4S/c20-15(25)8-2-1-5-10-24-18(27)13-6-3-4-7-14(13)21-19(24)29-12-17(26)22-16-9-11-28-23-16/h3-4,6-7,9,11H,1-2,5,8,10,12H2,(H2,20,25)(H,22,23,26). The predicted octanol–water partition coefficient (Wildman–Crippen LogP) is 2.16. The largest absolute Gasteiger partial charge is 0.370 e. The monoisotopic (exact) mass is 415 g/mol. The Morgan fingerprint density at radius 2 is 2.00 bits per heavy atom. The van der Waals surface area contributed by atoms with E-state index in [1.54, 1.807) is 28.8 Å². The second kappa shape index (κ2) is 9.87. The van der Waals surface area contributed by atoms with Gasteiger partial charge in [0.25, 0.3) is 5.56 Å². The van der Waals surface area contributed by atoms with Crippen molar-refractivity contribution in [2.45, 2.75) is 37.4 Å². The number of carbonyl (C=O) groups is 2. The van der Waals surface area contributed by atoms with E-state index in [-0.39, 0.29) is 23.1 Å². The normalized spacial score (nSPS) is 10.9. The summed E-state index contributed by atoms with van der Waals surface area (Å²) in [5.74, 6) is -0.212. The maximum absolute atomic E-state index is 12.9. The molecule has 0 saturated heterocycles. The van der Waals surface area contributed by atoms with E-state index in [4.69, 9.17) is 5.73 Å². The van der Waals surface area contributed by atoms with E-state index in [1.807, 2.05) is 6.07 Å². The molecule has 29 heavy (non-hydrogen) atoms. The van der Waals surface area contributed by atoms with Gasteiger partial charge in [-0.25, -0.2) is 4.98 Å². The van der Waals surface area contributed by atoms with Crippen LogP contribution in [0.4, 0.5) is 5.82 Å². The Bertz CT molecular complexity index is 1050. The molecule has 0 atom stereocenters. The minimum Gasteiger partial charge on any atom is -0.370 e. The quantitative estimate of drug-likeness (QED) is 0.294. The first-order valence-electron chi connectivity index (χ1n) is 9.15. The van der Waals surface area contributed by atoms with Crippen LogP contribution in [0.3, 0.4) is 0 Å². The highest BCUT2D eigenvalue weighted by Crippen LogP contribution is 2.19. The molecule has 0 spiro atoms. The molecule has 0 bridgehead atoms. The number of anilines is 1. The second-order valence-corrected chi connectivity index (χ2v) is 7.31. The van der Waals surface area contributed by atoms with Crippen molar-refractivity contribution in [2.75, 3.05) is 11.1 Å². The van der Waals surface area contributed by atoms with E-state index in [9.17, 15) is 14.4 Å². The Kier molecular flexibility index (Phi) is 7.01. The van der Waals surface area contributed by atoms with Gasteiger partial charge in [-0.3, -0.25) is 19.0 Å². The molecule has 10 heteroatoms. The van der Waals surface area contributed by atoms with Gasteiger partial charge >= 0.3 is 0 Å². The van der Waals surface area contributed by atoms with Crippen molar-refractivity contribution in [3.8, 4) is 0 Å². The summed E-state index contributed by atoms with van der Waals surface area (Å²) in [6.07, 6.45) is 3.83. The smallest absolute Gasteiger partial charge is 0.262 e. The molecule has 1 aromatic carbocycles. The fourth-order valence-electron chi connectivity index (χ4n) is 2.79. The van der Waals surface area contributed by atoms with Crippen LogP contribution in [0.2, 0.25) is 0 Å². The number of carbonyl (C=O) groups excluding carboxylic acids is 2. The maximum Gasteiger partial charge on any atom is 0.262 e. The predicted molar refractivity (Wildman–Crippen MR) is 110 cm³/mol. The molecule has 9 nitrogen and oxygen atoms in total. The molecule has 0 aliphatic carbocycles. The molecule has 0 unspecified atom stereocenters. The highest BCUT2D eigenvalue weighted by Gasteiger charge is 2.14. The lowest BCUT2D eigenvalue weighted by atomic mass is 10.2. The number of primary amides is 1. The second-order valence-electron chi connectivity index (χ2n) is 6.37. The van der Waals surface area contributed by atoms with Crippen LogP contribution in [0.15, 0.2) is 51.1 Å². The average Bonchev–Trinajstić information content (AvgIpc) is 3.20. The number of nitrogens with two attached hydrogens (primary N) is 1. The number of hydrogen-bond donors (Lipinski definition) is 2. The minimum atomic E-state index is -0.330. The van der Waals surface area contributed by atoms with Gasteiger partial charge in [-0.15, -0.1) is 0 Å². The molecule has 0 aliphatic rings. The molecular formula is C19H21N5O4S. The van der Waals surface area contributed by atoms with Gasteiger partial charge < -0.3 is 15.6 Å². The molecule has 152 valence electrons. The van der Waals surface area contributed by atoms with Gasteiger partial charge in [-0.1, -0.05) is 35.5 Å². The fraction of sp³-hybridized carbons (Fsp3) is 0.316. The van der Waals surface area contributed by atoms with Gasteiger partial charge in [0.05, 0.1) is 16.7 Å². The summed E-state index contributed by atoms with van der Waals surface area (Å²) in [6.45, 7) is 0.447. The van der Waals surface area contributed by atoms with E-state index < -0.39 is 0 Å². The number of rotatable bonds is 10. The van der Waals surface area contributed by atoms with Crippen molar-refractivity contribution in [2.24, 2.45) is 5.73 Å². The molecule has 0 fully saturated rings. The van der Waals surface area contributed by atoms with Crippen molar-refractivity contribution < 1.29 is 14.1 Å². The van der Waals surface area contributed by atoms with E-state index in [0.717, 1.165) is 6.42 Å². The number of hydrogen-bond acceptors (Lipinski definition) is 7. The van der Waals surface area contributed by atoms with E-state index in [0.29, 0.717) is 47.7 Å². The Balaban J connectivity index is 1.73. The van der Waals surface area contributed by atoms with Crippen LogP contribution < -0.4 is 16.6 Å². The molecular weight excluding hydrogens is 394 g/mol. The van der Waals surface area contributed by atoms with Crippen molar-refractivity contribution in [3.05, 3.63) is 46.9 Å². The van der Waals surface area contributed by atoms with Crippen LogP contribution in [0, 0.1) is 0 Å². The number of aromatic nitrogens is 3. The summed E-state index contributed by atoms with van der Waals surface area (Å²) >= 11 is 1.18. The van der Waals surface area contributed by atoms with Crippen LogP contribution in [0.25, 0.3) is 10.9 Å². The van der Waals surface area contributed by atoms with Crippen LogP contribution in [-0.4, -0.2) is 32.3 Å². The van der Waals surface area contributed by atoms with Crippen molar-refractivity contribution in [3.63, 3.8) is 0 Å². The first kappa shape index (κ1) is 20.6. The molecule has 3 N–H and O–H groups in total. The van der Waals surface area contributed by atoms with E-state index >= 15 is 0 Å². The molecule has 2 aromatic heterocycles. The van der Waals surface area contributed by atoms with Crippen molar-refractivity contribution in [1.29, 1.82) is 0 Å². The summed E-state index contributed by atoms with van der Waals surface area (Å²) in [5, 5.41) is 7.24. The Hall–Kier alpha value is -3.14. The minimum absolute atomic E-state index is 0.0688. The molecule has 0 aliphatic heterocycles. The highest BCUT2D eigenvalue weighted by molar-refractivity contribution is 7.99. The number of unbranched alkanes of at least 4 members (excludes halogenated alkanes) is 2. The molecule has 0 radical (unpaired) electrons. The number of para-hydroxylation sites is 1. The van der Waals surface area contributed by atoms with Crippen LogP contribution in [0.1, 0.15) is 25.7 Å². The topological polar surface area (TPSA) is 133 Å². The van der Waals surface area contributed by atoms with Gasteiger partial charge in [0.1, 0.15) is 6.26 Å². The summed E-state index contributed by atoms with van der Waals surface area (Å²) < 4.78 is 6.27. The van der Waals surface area contributed by atoms with Crippen molar-refractivity contribution >= 4 is 40.3 Å². The number of fused-ring (bicyclic) bond motifs is 1. The first-order valence-corrected chi connectivity index (χ1v) is 10.1. The average molecular weight is 415 g/mol. The lowest BCUT2D eigenvalue weighted by molar-refractivity contribution is -0.118. The molecule has 3 aromatic rings. The van der Waals surface area contributed by atoms with Gasteiger partial charge in [-0.2, -0.15) is 0 Å². The summed E-state index contributed by atoms with van der Waals surface area (Å²) in [7, 11) is 0. The lowest BCUT2D eigenvalue weighted by Gasteiger charge is -2.13. The van der Waals surface area contributed by atoms with Crippen molar-refractivity contribution in [1.82, 2.24) is 14.7 Å². The Morgan fingerprint density at radius 3 is 2.76 bits per heavy atom. The Labute approximate surface area is 170 Å².